The Morgan fingerprint density at radius 1 is 0.432 bits per heavy atom. The van der Waals surface area contributed by atoms with Gasteiger partial charge in [0.05, 0.1) is 0 Å². The van der Waals surface area contributed by atoms with Gasteiger partial charge in [-0.2, -0.15) is 0 Å². The number of alkyl halides is 18. The van der Waals surface area contributed by atoms with Crippen molar-refractivity contribution in [2.45, 2.75) is 53.9 Å². The summed E-state index contributed by atoms with van der Waals surface area (Å²) in [4.78, 5) is 0. The molecule has 1 spiro atoms. The molecule has 0 amide bonds. The van der Waals surface area contributed by atoms with Gasteiger partial charge in [-0.1, -0.05) is 0 Å². The van der Waals surface area contributed by atoms with Crippen LogP contribution in [0.3, 0.4) is 0 Å². The third-order valence-corrected chi connectivity index (χ3v) is 14.5. The van der Waals surface area contributed by atoms with Crippen molar-refractivity contribution in [3.63, 3.8) is 0 Å². The van der Waals surface area contributed by atoms with Crippen molar-refractivity contribution in [2.24, 2.45) is 0 Å². The van der Waals surface area contributed by atoms with Crippen molar-refractivity contribution >= 4 is 17.2 Å². The van der Waals surface area contributed by atoms with E-state index in [9.17, 15) is 79.0 Å². The second-order valence-electron chi connectivity index (χ2n) is 10.2. The maximum absolute atomic E-state index is 14.6. The van der Waals surface area contributed by atoms with Crippen molar-refractivity contribution in [1.29, 1.82) is 0 Å². The van der Waals surface area contributed by atoms with Crippen LogP contribution in [-0.2, 0) is 24.8 Å². The third kappa shape index (κ3) is 3.09. The molecule has 0 radical (unpaired) electrons. The molecule has 0 bridgehead atoms. The summed E-state index contributed by atoms with van der Waals surface area (Å²) in [5.74, 6) is 0. The second kappa shape index (κ2) is 7.71. The van der Waals surface area contributed by atoms with Gasteiger partial charge in [0.25, 0.3) is 0 Å². The molecule has 0 aliphatic carbocycles. The van der Waals surface area contributed by atoms with Gasteiger partial charge in [0, 0.05) is 0 Å². The Labute approximate surface area is 230 Å². The third-order valence-electron chi connectivity index (χ3n) is 7.95. The molecule has 1 fully saturated rings. The van der Waals surface area contributed by atoms with E-state index in [1.807, 2.05) is 0 Å². The Hall–Kier alpha value is -2.51. The van der Waals surface area contributed by atoms with E-state index in [1.165, 1.54) is 0 Å². The Balaban J connectivity index is 2.13. The monoisotopic (exact) mass is 695 g/mol. The first-order chi connectivity index (χ1) is 19.4. The van der Waals surface area contributed by atoms with E-state index in [0.29, 0.717) is 24.3 Å². The zero-order valence-electron chi connectivity index (χ0n) is 20.3. The van der Waals surface area contributed by atoms with E-state index in [2.05, 4.69) is 13.6 Å². The molecular formula is C22H10F18O3P-. The van der Waals surface area contributed by atoms with Gasteiger partial charge in [-0.25, -0.2) is 0 Å². The molecular weight excluding hydrogens is 685 g/mol. The van der Waals surface area contributed by atoms with Gasteiger partial charge in [0.2, 0.25) is 0 Å². The molecule has 3 aliphatic heterocycles. The van der Waals surface area contributed by atoms with Gasteiger partial charge in [0.15, 0.2) is 0 Å². The fourth-order valence-electron chi connectivity index (χ4n) is 6.46. The molecule has 5 rings (SSSR count). The molecule has 0 atom stereocenters. The molecule has 248 valence electrons. The van der Waals surface area contributed by atoms with E-state index in [4.69, 9.17) is 0 Å². The molecule has 44 heavy (non-hydrogen) atoms. The summed E-state index contributed by atoms with van der Waals surface area (Å²) in [6.45, 7) is -9.43. The molecule has 3 nitrogen and oxygen atoms in total. The molecule has 1 saturated heterocycles. The molecule has 0 aromatic heterocycles. The van der Waals surface area contributed by atoms with Crippen LogP contribution >= 0.6 is 6.63 Å². The van der Waals surface area contributed by atoms with E-state index in [1.54, 1.807) is 0 Å². The number of hydrogen-bond acceptors (Lipinski definition) is 3. The van der Waals surface area contributed by atoms with E-state index in [-0.39, 0.29) is 24.3 Å². The minimum absolute atomic E-state index is 0.152. The first-order valence-corrected chi connectivity index (χ1v) is 14.0. The van der Waals surface area contributed by atoms with Crippen molar-refractivity contribution in [2.75, 3.05) is 6.16 Å². The summed E-state index contributed by atoms with van der Waals surface area (Å²) >= 11 is 0. The molecule has 22 heteroatoms. The summed E-state index contributed by atoms with van der Waals surface area (Å²) in [6.07, 6.45) is -45.6. The zero-order chi connectivity index (χ0) is 33.7. The van der Waals surface area contributed by atoms with Crippen molar-refractivity contribution in [3.8, 4) is 0 Å². The predicted octanol–water partition coefficient (Wildman–Crippen LogP) is 8.07. The van der Waals surface area contributed by atoms with Gasteiger partial charge >= 0.3 is 230 Å². The predicted molar refractivity (Wildman–Crippen MR) is 110 cm³/mol. The molecule has 0 unspecified atom stereocenters. The molecule has 3 aliphatic rings. The van der Waals surface area contributed by atoms with Crippen LogP contribution in [0.5, 0.6) is 0 Å². The Bertz CT molecular complexity index is 1410. The minimum atomic E-state index is -9.43. The van der Waals surface area contributed by atoms with Crippen LogP contribution in [0.25, 0.3) is 0 Å². The Kier molecular flexibility index (Phi) is 5.76. The van der Waals surface area contributed by atoms with Gasteiger partial charge in [-0.05, 0) is 0 Å². The number of fused-ring (bicyclic) bond motifs is 2. The van der Waals surface area contributed by atoms with E-state index < -0.39 is 88.4 Å². The van der Waals surface area contributed by atoms with Crippen LogP contribution in [0.4, 0.5) is 79.0 Å². The van der Waals surface area contributed by atoms with Crippen LogP contribution in [0.1, 0.15) is 11.1 Å². The fraction of sp³-hybridized carbons (Fsp3) is 0.455. The van der Waals surface area contributed by atoms with Gasteiger partial charge in [0.1, 0.15) is 0 Å². The molecule has 0 N–H and O–H groups in total. The molecule has 2 aromatic carbocycles. The second-order valence-corrected chi connectivity index (χ2v) is 15.2. The first-order valence-electron chi connectivity index (χ1n) is 11.3. The number of rotatable bonds is 0. The SMILES string of the molecule is FC(F)(F)C1(C(F)(F)F)C[P-]23(O1)(OC(C(F)(F)F)(C(F)(F)F)c1ccccc12)OC(C(F)(F)F)(C(F)(F)F)c1ccccc13. The van der Waals surface area contributed by atoms with Crippen molar-refractivity contribution < 1.29 is 92.6 Å². The summed E-state index contributed by atoms with van der Waals surface area (Å²) < 4.78 is 273. The quantitative estimate of drug-likeness (QED) is 0.206. The topological polar surface area (TPSA) is 27.7 Å². The molecule has 3 heterocycles. The summed E-state index contributed by atoms with van der Waals surface area (Å²) in [6, 6.07) is 0.458. The normalized spacial score (nSPS) is 26.1. The average Bonchev–Trinajstić information content (AvgIpc) is 3.22. The number of benzene rings is 2. The maximum atomic E-state index is 14.6. The summed E-state index contributed by atoms with van der Waals surface area (Å²) in [7, 11) is 0. The Morgan fingerprint density at radius 2 is 0.705 bits per heavy atom. The van der Waals surface area contributed by atoms with E-state index in [0.717, 1.165) is 0 Å². The van der Waals surface area contributed by atoms with Gasteiger partial charge < -0.3 is 0 Å². The van der Waals surface area contributed by atoms with Crippen molar-refractivity contribution in [1.82, 2.24) is 0 Å². The van der Waals surface area contributed by atoms with E-state index >= 15 is 0 Å². The van der Waals surface area contributed by atoms with Crippen LogP contribution in [-0.4, -0.2) is 48.8 Å². The average molecular weight is 695 g/mol. The van der Waals surface area contributed by atoms with Crippen molar-refractivity contribution in [3.05, 3.63) is 59.7 Å². The molecule has 2 aromatic rings. The summed E-state index contributed by atoms with van der Waals surface area (Å²) in [5.41, 5.74) is -23.3. The van der Waals surface area contributed by atoms with Crippen LogP contribution in [0.15, 0.2) is 48.5 Å². The number of hydrogen-bond donors (Lipinski definition) is 0. The zero-order valence-corrected chi connectivity index (χ0v) is 21.2. The fourth-order valence-corrected chi connectivity index (χ4v) is 14.7. The Morgan fingerprint density at radius 3 is 0.955 bits per heavy atom. The van der Waals surface area contributed by atoms with Crippen LogP contribution < -0.4 is 10.6 Å². The van der Waals surface area contributed by atoms with Crippen LogP contribution in [0, 0.1) is 0 Å². The van der Waals surface area contributed by atoms with Gasteiger partial charge in [-0.3, -0.25) is 0 Å². The first kappa shape index (κ1) is 32.9. The van der Waals surface area contributed by atoms with Gasteiger partial charge in [-0.15, -0.1) is 0 Å². The van der Waals surface area contributed by atoms with Crippen LogP contribution in [0.2, 0.25) is 0 Å². The number of halogens is 18. The standard InChI is InChI=1S/C22H10F18O3P/c23-17(24,25)14(18(26,27)28)9-44(41-14,12-7-3-1-5-10(12)15(42-44,19(29,30)31)20(32,33)34)13-8-4-2-6-11(13)16(43-44,21(35,36)37)22(38,39)40/h1-8H,9H2/q-1. The summed E-state index contributed by atoms with van der Waals surface area (Å²) in [5, 5.41) is -4.59. The molecule has 0 saturated carbocycles.